The molecular weight excluding hydrogens is 286 g/mol. The van der Waals surface area contributed by atoms with Crippen molar-refractivity contribution in [1.82, 2.24) is 24.7 Å². The van der Waals surface area contributed by atoms with Gasteiger partial charge in [-0.1, -0.05) is 18.2 Å². The third kappa shape index (κ3) is 2.12. The van der Waals surface area contributed by atoms with Gasteiger partial charge in [0.1, 0.15) is 0 Å². The molecule has 0 amide bonds. The van der Waals surface area contributed by atoms with Crippen LogP contribution < -0.4 is 0 Å². The van der Waals surface area contributed by atoms with Crippen molar-refractivity contribution in [3.8, 4) is 17.2 Å². The Kier molecular flexibility index (Phi) is 2.61. The van der Waals surface area contributed by atoms with E-state index in [0.29, 0.717) is 5.92 Å². The Hall–Kier alpha value is -2.95. The van der Waals surface area contributed by atoms with Crippen LogP contribution in [0.1, 0.15) is 24.6 Å². The molecule has 0 unspecified atom stereocenters. The Morgan fingerprint density at radius 1 is 1.09 bits per heavy atom. The minimum Gasteiger partial charge on any atom is -0.361 e. The highest BCUT2D eigenvalue weighted by molar-refractivity contribution is 5.83. The third-order valence-electron chi connectivity index (χ3n) is 4.25. The third-order valence-corrected chi connectivity index (χ3v) is 4.25. The second-order valence-corrected chi connectivity index (χ2v) is 5.95. The molecule has 1 aliphatic carbocycles. The number of rotatable bonds is 3. The van der Waals surface area contributed by atoms with E-state index in [9.17, 15) is 0 Å². The van der Waals surface area contributed by atoms with E-state index >= 15 is 0 Å². The van der Waals surface area contributed by atoms with Crippen LogP contribution in [-0.2, 0) is 0 Å². The van der Waals surface area contributed by atoms with E-state index in [4.69, 9.17) is 10.1 Å². The van der Waals surface area contributed by atoms with E-state index in [-0.39, 0.29) is 0 Å². The summed E-state index contributed by atoms with van der Waals surface area (Å²) in [5.74, 6) is 3.08. The van der Waals surface area contributed by atoms with Gasteiger partial charge in [0.25, 0.3) is 0 Å². The van der Waals surface area contributed by atoms with Gasteiger partial charge in [0.15, 0.2) is 17.5 Å². The van der Waals surface area contributed by atoms with Gasteiger partial charge in [-0.3, -0.25) is 0 Å². The number of H-pyrrole nitrogens is 1. The van der Waals surface area contributed by atoms with Crippen molar-refractivity contribution >= 4 is 10.9 Å². The molecule has 5 nitrogen and oxygen atoms in total. The first-order valence-electron chi connectivity index (χ1n) is 7.84. The van der Waals surface area contributed by atoms with Gasteiger partial charge in [-0.15, -0.1) is 5.10 Å². The first kappa shape index (κ1) is 12.6. The zero-order valence-corrected chi connectivity index (χ0v) is 12.5. The fraction of sp³-hybridized carbons (Fsp3) is 0.167. The van der Waals surface area contributed by atoms with Crippen molar-refractivity contribution in [1.29, 1.82) is 0 Å². The number of nitrogens with one attached hydrogen (secondary N) is 1. The van der Waals surface area contributed by atoms with Crippen molar-refractivity contribution < 1.29 is 0 Å². The van der Waals surface area contributed by atoms with E-state index < -0.39 is 0 Å². The maximum absolute atomic E-state index is 4.81. The van der Waals surface area contributed by atoms with Crippen LogP contribution >= 0.6 is 0 Å². The average molecular weight is 301 g/mol. The number of pyridine rings is 1. The Morgan fingerprint density at radius 3 is 2.87 bits per heavy atom. The molecule has 3 aromatic heterocycles. The number of nitrogens with zero attached hydrogens (tertiary/aromatic N) is 4. The monoisotopic (exact) mass is 301 g/mol. The van der Waals surface area contributed by atoms with E-state index in [1.807, 2.05) is 29.1 Å². The largest absolute Gasteiger partial charge is 0.361 e. The predicted molar refractivity (Wildman–Crippen MR) is 88.4 cm³/mol. The Labute approximate surface area is 133 Å². The summed E-state index contributed by atoms with van der Waals surface area (Å²) in [7, 11) is 0. The van der Waals surface area contributed by atoms with Gasteiger partial charge in [0.2, 0.25) is 0 Å². The molecule has 0 aliphatic heterocycles. The number of benzene rings is 1. The smallest absolute Gasteiger partial charge is 0.165 e. The van der Waals surface area contributed by atoms with Crippen LogP contribution in [0.2, 0.25) is 0 Å². The minimum atomic E-state index is 0.507. The van der Waals surface area contributed by atoms with Gasteiger partial charge in [-0.25, -0.2) is 9.97 Å². The molecule has 1 N–H and O–H groups in total. The Balaban J connectivity index is 1.71. The van der Waals surface area contributed by atoms with Crippen molar-refractivity contribution in [2.45, 2.75) is 18.8 Å². The van der Waals surface area contributed by atoms with Gasteiger partial charge in [-0.2, -0.15) is 4.68 Å². The maximum Gasteiger partial charge on any atom is 0.165 e. The predicted octanol–water partition coefficient (Wildman–Crippen LogP) is 3.69. The summed E-state index contributed by atoms with van der Waals surface area (Å²) in [6, 6.07) is 14.2. The van der Waals surface area contributed by atoms with Crippen LogP contribution in [-0.4, -0.2) is 24.7 Å². The molecule has 5 heteroatoms. The molecule has 0 bridgehead atoms. The quantitative estimate of drug-likeness (QED) is 0.628. The second-order valence-electron chi connectivity index (χ2n) is 5.95. The SMILES string of the molecule is c1ccc(-n2nc(C3CC3)nc2-c2ccc3cc[nH]c3c2)nc1. The van der Waals surface area contributed by atoms with Crippen molar-refractivity contribution in [3.05, 3.63) is 60.7 Å². The van der Waals surface area contributed by atoms with Crippen molar-refractivity contribution in [2.24, 2.45) is 0 Å². The first-order valence-corrected chi connectivity index (χ1v) is 7.84. The maximum atomic E-state index is 4.81. The Bertz CT molecular complexity index is 979. The number of aromatic amines is 1. The molecule has 0 radical (unpaired) electrons. The molecule has 1 aromatic carbocycles. The molecule has 0 atom stereocenters. The topological polar surface area (TPSA) is 59.4 Å². The lowest BCUT2D eigenvalue weighted by Crippen LogP contribution is -2.02. The van der Waals surface area contributed by atoms with Crippen LogP contribution in [0.4, 0.5) is 0 Å². The van der Waals surface area contributed by atoms with E-state index in [1.54, 1.807) is 6.20 Å². The van der Waals surface area contributed by atoms with Gasteiger partial charge < -0.3 is 4.98 Å². The van der Waals surface area contributed by atoms with Crippen LogP contribution in [0.5, 0.6) is 0 Å². The summed E-state index contributed by atoms with van der Waals surface area (Å²) in [6.45, 7) is 0. The number of fused-ring (bicyclic) bond motifs is 1. The standard InChI is InChI=1S/C18H15N5/c1-2-9-20-16(3-1)23-18(21-17(22-23)13-5-6-13)14-7-4-12-8-10-19-15(12)11-14/h1-4,7-11,13,19H,5-6H2. The molecule has 1 saturated carbocycles. The highest BCUT2D eigenvalue weighted by Gasteiger charge is 2.29. The van der Waals surface area contributed by atoms with Crippen LogP contribution in [0.25, 0.3) is 28.1 Å². The zero-order chi connectivity index (χ0) is 15.2. The first-order chi connectivity index (χ1) is 11.4. The second kappa shape index (κ2) is 4.78. The van der Waals surface area contributed by atoms with E-state index in [0.717, 1.165) is 28.5 Å². The molecule has 5 rings (SSSR count). The Morgan fingerprint density at radius 2 is 2.04 bits per heavy atom. The highest BCUT2D eigenvalue weighted by atomic mass is 15.4. The van der Waals surface area contributed by atoms with E-state index in [2.05, 4.69) is 34.2 Å². The molecule has 1 aliphatic rings. The summed E-state index contributed by atoms with van der Waals surface area (Å²) >= 11 is 0. The van der Waals surface area contributed by atoms with E-state index in [1.165, 1.54) is 18.2 Å². The van der Waals surface area contributed by atoms with Gasteiger partial charge in [0.05, 0.1) is 0 Å². The lowest BCUT2D eigenvalue weighted by Gasteiger charge is -2.05. The molecule has 3 heterocycles. The lowest BCUT2D eigenvalue weighted by atomic mass is 10.1. The van der Waals surface area contributed by atoms with Gasteiger partial charge in [0, 0.05) is 29.4 Å². The molecule has 4 aromatic rings. The van der Waals surface area contributed by atoms with Crippen molar-refractivity contribution in [3.63, 3.8) is 0 Å². The minimum absolute atomic E-state index is 0.507. The molecule has 0 saturated heterocycles. The van der Waals surface area contributed by atoms with Gasteiger partial charge in [-0.05, 0) is 42.5 Å². The molecule has 1 fully saturated rings. The summed E-state index contributed by atoms with van der Waals surface area (Å²) < 4.78 is 1.86. The summed E-state index contributed by atoms with van der Waals surface area (Å²) in [5, 5.41) is 5.91. The zero-order valence-electron chi connectivity index (χ0n) is 12.5. The normalized spacial score (nSPS) is 14.4. The fourth-order valence-corrected chi connectivity index (χ4v) is 2.86. The fourth-order valence-electron chi connectivity index (χ4n) is 2.86. The van der Waals surface area contributed by atoms with Crippen LogP contribution in [0, 0.1) is 0 Å². The van der Waals surface area contributed by atoms with Gasteiger partial charge >= 0.3 is 0 Å². The lowest BCUT2D eigenvalue weighted by molar-refractivity contribution is 0.816. The number of hydrogen-bond donors (Lipinski definition) is 1. The van der Waals surface area contributed by atoms with Crippen LogP contribution in [0.3, 0.4) is 0 Å². The number of aromatic nitrogens is 5. The van der Waals surface area contributed by atoms with Crippen molar-refractivity contribution in [2.75, 3.05) is 0 Å². The summed E-state index contributed by atoms with van der Waals surface area (Å²) in [6.07, 6.45) is 6.10. The molecule has 23 heavy (non-hydrogen) atoms. The number of hydrogen-bond acceptors (Lipinski definition) is 3. The highest BCUT2D eigenvalue weighted by Crippen LogP contribution is 2.39. The van der Waals surface area contributed by atoms with Crippen LogP contribution in [0.15, 0.2) is 54.9 Å². The summed E-state index contributed by atoms with van der Waals surface area (Å²) in [5.41, 5.74) is 2.15. The molecule has 112 valence electrons. The molecular formula is C18H15N5. The summed E-state index contributed by atoms with van der Waals surface area (Å²) in [4.78, 5) is 12.5. The molecule has 0 spiro atoms. The average Bonchev–Trinajstić information content (AvgIpc) is 3.18.